The van der Waals surface area contributed by atoms with E-state index in [4.69, 9.17) is 17.7 Å². The number of anilines is 8. The molecule has 4 aromatic heterocycles. The van der Waals surface area contributed by atoms with Crippen LogP contribution in [0.5, 0.6) is 5.75 Å². The third-order valence-electron chi connectivity index (χ3n) is 23.9. The maximum atomic E-state index is 12.7. The van der Waals surface area contributed by atoms with Gasteiger partial charge in [-0.25, -0.2) is 0 Å². The first kappa shape index (κ1) is 79.8. The lowest BCUT2D eigenvalue weighted by atomic mass is 9.86. The molecule has 0 fully saturated rings. The second kappa shape index (κ2) is 29.8. The number of nitrogens with one attached hydrogen (secondary N) is 1. The number of hydrogen-bond acceptors (Lipinski definition) is 10. The molecule has 0 aliphatic heterocycles. The highest BCUT2D eigenvalue weighted by Gasteiger charge is 2.48. The van der Waals surface area contributed by atoms with E-state index >= 15 is 0 Å². The Morgan fingerprint density at radius 3 is 1.00 bits per heavy atom. The molecule has 4 heterocycles. The van der Waals surface area contributed by atoms with Gasteiger partial charge in [-0.1, -0.05) is 195 Å². The summed E-state index contributed by atoms with van der Waals surface area (Å²) in [5.41, 5.74) is 22.6. The van der Waals surface area contributed by atoms with Crippen molar-refractivity contribution in [1.82, 2.24) is 0 Å². The highest BCUT2D eigenvalue weighted by atomic mass is 32.2. The second-order valence-electron chi connectivity index (χ2n) is 35.9. The number of rotatable bonds is 10. The van der Waals surface area contributed by atoms with E-state index < -0.39 is 21.4 Å². The molecule has 0 saturated heterocycles. The van der Waals surface area contributed by atoms with Gasteiger partial charge in [-0.15, -0.1) is 0 Å². The monoisotopic (exact) mass is 1630 g/mol. The van der Waals surface area contributed by atoms with Crippen LogP contribution in [0.4, 0.5) is 58.7 Å². The van der Waals surface area contributed by atoms with Gasteiger partial charge in [0.15, 0.2) is 0 Å². The third kappa shape index (κ3) is 14.9. The number of furan rings is 4. The molecular formula is C108H94F3N3O7S. The van der Waals surface area contributed by atoms with Crippen LogP contribution in [0.15, 0.2) is 291 Å². The van der Waals surface area contributed by atoms with Crippen LogP contribution in [0.1, 0.15) is 118 Å². The molecule has 10 nitrogen and oxygen atoms in total. The molecule has 610 valence electrons. The SMILES string of the molecule is Cc1ccc2cc3c(cc2c1)oc1cc2c(cc13)oc1cc3cc(OS(=O)(=O)C(F)(F)F)ccc3cc12.Cc1ccccc1N(c1ccc2cc3c(cc2c1)oc1cc2c(cc13)oc1cc3cc(N(c4ccccc4C)c4cc(C(C)(C)C)ccc4C)ccc3cc12)c1cc(C(C)(C)C)ccc1C.Cc1ccccc1Nc1cc(C(C)(C)C)ccc1C. The minimum absolute atomic E-state index is 0.0190. The molecule has 0 unspecified atom stereocenters. The Hall–Kier alpha value is -13.3. The van der Waals surface area contributed by atoms with Crippen molar-refractivity contribution in [3.63, 3.8) is 0 Å². The molecule has 0 radical (unpaired) electrons. The maximum Gasteiger partial charge on any atom is 0.534 e. The maximum absolute atomic E-state index is 12.7. The first-order valence-electron chi connectivity index (χ1n) is 41.3. The molecule has 0 atom stereocenters. The van der Waals surface area contributed by atoms with Gasteiger partial charge < -0.3 is 37.0 Å². The molecule has 0 bridgehead atoms. The van der Waals surface area contributed by atoms with Gasteiger partial charge in [0.25, 0.3) is 0 Å². The van der Waals surface area contributed by atoms with Gasteiger partial charge in [-0.3, -0.25) is 0 Å². The lowest BCUT2D eigenvalue weighted by Crippen LogP contribution is -2.28. The Morgan fingerprint density at radius 1 is 0.287 bits per heavy atom. The van der Waals surface area contributed by atoms with Crippen molar-refractivity contribution < 1.29 is 43.4 Å². The Kier molecular flexibility index (Phi) is 19.5. The predicted molar refractivity (Wildman–Crippen MR) is 502 cm³/mol. The number of alkyl halides is 3. The van der Waals surface area contributed by atoms with Crippen LogP contribution in [0.3, 0.4) is 0 Å². The summed E-state index contributed by atoms with van der Waals surface area (Å²) in [5.74, 6) is -0.438. The van der Waals surface area contributed by atoms with Gasteiger partial charge in [0.2, 0.25) is 0 Å². The lowest BCUT2D eigenvalue weighted by Gasteiger charge is -2.30. The summed E-state index contributed by atoms with van der Waals surface area (Å²) < 4.78 is 91.0. The minimum atomic E-state index is -5.77. The topological polar surface area (TPSA) is 114 Å². The summed E-state index contributed by atoms with van der Waals surface area (Å²) in [6.45, 7) is 35.5. The van der Waals surface area contributed by atoms with Crippen LogP contribution < -0.4 is 19.3 Å². The first-order chi connectivity index (χ1) is 58.0. The van der Waals surface area contributed by atoms with Crippen molar-refractivity contribution in [2.45, 2.75) is 133 Å². The summed E-state index contributed by atoms with van der Waals surface area (Å²) in [6, 6.07) is 94.7. The fourth-order valence-corrected chi connectivity index (χ4v) is 17.2. The number of benzene rings is 16. The summed E-state index contributed by atoms with van der Waals surface area (Å²) >= 11 is 0. The molecule has 0 aliphatic carbocycles. The molecular weight excluding hydrogens is 1540 g/mol. The zero-order valence-corrected chi connectivity index (χ0v) is 72.1. The molecule has 14 heteroatoms. The van der Waals surface area contributed by atoms with Crippen molar-refractivity contribution in [2.75, 3.05) is 15.1 Å². The number of fused-ring (bicyclic) bond motifs is 16. The molecule has 0 aliphatic rings. The average Bonchev–Trinajstić information content (AvgIpc) is 1.58. The number of para-hydroxylation sites is 3. The summed E-state index contributed by atoms with van der Waals surface area (Å²) in [5, 5.41) is 19.2. The van der Waals surface area contributed by atoms with Crippen LogP contribution in [0, 0.1) is 48.5 Å². The van der Waals surface area contributed by atoms with Crippen molar-refractivity contribution in [2.24, 2.45) is 0 Å². The third-order valence-corrected chi connectivity index (χ3v) is 24.9. The van der Waals surface area contributed by atoms with Gasteiger partial charge in [-0.2, -0.15) is 21.6 Å². The molecule has 16 aromatic carbocycles. The Labute approximate surface area is 707 Å². The van der Waals surface area contributed by atoms with E-state index in [9.17, 15) is 21.6 Å². The van der Waals surface area contributed by atoms with Crippen LogP contribution in [0.25, 0.3) is 131 Å². The van der Waals surface area contributed by atoms with Gasteiger partial charge >= 0.3 is 15.6 Å². The molecule has 0 amide bonds. The van der Waals surface area contributed by atoms with E-state index in [0.717, 1.165) is 115 Å². The zero-order valence-electron chi connectivity index (χ0n) is 71.3. The normalized spacial score (nSPS) is 12.5. The molecule has 1 N–H and O–H groups in total. The zero-order chi connectivity index (χ0) is 85.5. The fourth-order valence-electron chi connectivity index (χ4n) is 16.8. The summed E-state index contributed by atoms with van der Waals surface area (Å²) in [6.07, 6.45) is 0. The number of nitrogens with zero attached hydrogens (tertiary/aromatic N) is 2. The Balaban J connectivity index is 0.000000151. The number of hydrogen-bond donors (Lipinski definition) is 1. The fraction of sp³-hybridized carbons (Fsp3) is 0.185. The quantitative estimate of drug-likeness (QED) is 0.105. The number of halogens is 3. The second-order valence-corrected chi connectivity index (χ2v) is 37.4. The van der Waals surface area contributed by atoms with Gasteiger partial charge in [-0.05, 0) is 303 Å². The van der Waals surface area contributed by atoms with E-state index in [0.29, 0.717) is 27.5 Å². The molecule has 20 aromatic rings. The van der Waals surface area contributed by atoms with Gasteiger partial charge in [0, 0.05) is 88.6 Å². The molecule has 20 rings (SSSR count). The lowest BCUT2D eigenvalue weighted by molar-refractivity contribution is -0.0500. The standard InChI is InChI=1S/C62H56N2O2.C28H15F3O5S.C18H23N/c1-37-15-11-13-17-53(37)63(55-33-45(61(5,6)7)23-19-39(55)3)47-25-21-41-29-49-51-35-60-52(36-59(51)65-57(49)31-43(41)27-47)50-30-42-22-26-48(28-44(42)32-58(50)66-60)64(54-18-14-12-16-38(54)2)56-34-46(62(8,9)10)24-20-40(56)4;1-14-2-3-15-8-20-22-12-27-23(13-26(22)34-24(20)10-17(15)6-14)21-9-16-4-5-19(7-18(16)11-25(21)35-27)36-37(32,33)28(29,30)31;1-13-8-6-7-9-16(13)19-17-12-15(18(3,4)5)11-10-14(17)2/h11-36H,1-10H3;2-13H,1H3;6-12,19H,1-5H3. The summed E-state index contributed by atoms with van der Waals surface area (Å²) in [4.78, 5) is 4.83. The summed E-state index contributed by atoms with van der Waals surface area (Å²) in [7, 11) is -5.77. The molecule has 122 heavy (non-hydrogen) atoms. The average molecular weight is 1640 g/mol. The van der Waals surface area contributed by atoms with Crippen molar-refractivity contribution in [3.8, 4) is 5.75 Å². The predicted octanol–water partition coefficient (Wildman–Crippen LogP) is 32.2. The molecule has 0 spiro atoms. The van der Waals surface area contributed by atoms with E-state index in [1.165, 1.54) is 108 Å². The van der Waals surface area contributed by atoms with Crippen molar-refractivity contribution in [1.29, 1.82) is 0 Å². The Morgan fingerprint density at radius 2 is 0.607 bits per heavy atom. The van der Waals surface area contributed by atoms with Crippen molar-refractivity contribution in [3.05, 3.63) is 329 Å². The van der Waals surface area contributed by atoms with E-state index in [1.807, 2.05) is 31.2 Å². The first-order valence-corrected chi connectivity index (χ1v) is 42.7. The highest BCUT2D eigenvalue weighted by molar-refractivity contribution is 7.88. The molecule has 0 saturated carbocycles. The highest BCUT2D eigenvalue weighted by Crippen LogP contribution is 2.48. The van der Waals surface area contributed by atoms with Gasteiger partial charge in [0.1, 0.15) is 50.4 Å². The van der Waals surface area contributed by atoms with E-state index in [2.05, 4.69) is 348 Å². The van der Waals surface area contributed by atoms with Crippen LogP contribution in [0.2, 0.25) is 0 Å². The van der Waals surface area contributed by atoms with Crippen molar-refractivity contribution >= 4 is 186 Å². The van der Waals surface area contributed by atoms with Crippen LogP contribution in [-0.4, -0.2) is 13.9 Å². The van der Waals surface area contributed by atoms with Gasteiger partial charge in [0.05, 0.1) is 0 Å². The van der Waals surface area contributed by atoms with E-state index in [-0.39, 0.29) is 16.2 Å². The minimum Gasteiger partial charge on any atom is -0.456 e. The largest absolute Gasteiger partial charge is 0.534 e. The van der Waals surface area contributed by atoms with Crippen LogP contribution >= 0.6 is 0 Å². The Bertz CT molecular complexity index is 7530. The number of aryl methyl sites for hydroxylation is 7. The van der Waals surface area contributed by atoms with E-state index in [1.54, 1.807) is 6.07 Å². The smallest absolute Gasteiger partial charge is 0.456 e. The van der Waals surface area contributed by atoms with Crippen LogP contribution in [-0.2, 0) is 26.4 Å².